The second-order valence-corrected chi connectivity index (χ2v) is 7.72. The minimum Gasteiger partial charge on any atom is -0.342 e. The fraction of sp³-hybridized carbons (Fsp3) is 0.0323. The van der Waals surface area contributed by atoms with Crippen LogP contribution in [-0.4, -0.2) is 4.57 Å². The SMILES string of the molecule is Cn1c(-c2ccccc2)c(C#Cc2ccccc2)c(-c2ccccc2)c1-c1ccccc1. The topological polar surface area (TPSA) is 4.93 Å². The molecule has 1 heterocycles. The van der Waals surface area contributed by atoms with Gasteiger partial charge < -0.3 is 4.57 Å². The fourth-order valence-corrected chi connectivity index (χ4v) is 4.22. The third-order valence-corrected chi connectivity index (χ3v) is 5.66. The van der Waals surface area contributed by atoms with Crippen molar-refractivity contribution in [2.75, 3.05) is 0 Å². The van der Waals surface area contributed by atoms with E-state index >= 15 is 0 Å². The van der Waals surface area contributed by atoms with E-state index in [0.717, 1.165) is 22.4 Å². The predicted octanol–water partition coefficient (Wildman–Crippen LogP) is 7.43. The van der Waals surface area contributed by atoms with Crippen molar-refractivity contribution in [3.05, 3.63) is 132 Å². The zero-order chi connectivity index (χ0) is 21.8. The van der Waals surface area contributed by atoms with Gasteiger partial charge in [0, 0.05) is 18.2 Å². The van der Waals surface area contributed by atoms with E-state index in [4.69, 9.17) is 0 Å². The number of nitrogens with zero attached hydrogens (tertiary/aromatic N) is 1. The minimum atomic E-state index is 1.01. The Hall–Kier alpha value is -4.28. The van der Waals surface area contributed by atoms with E-state index in [-0.39, 0.29) is 0 Å². The van der Waals surface area contributed by atoms with Gasteiger partial charge in [0.25, 0.3) is 0 Å². The van der Waals surface area contributed by atoms with Crippen molar-refractivity contribution in [1.29, 1.82) is 0 Å². The van der Waals surface area contributed by atoms with E-state index in [9.17, 15) is 0 Å². The number of hydrogen-bond acceptors (Lipinski definition) is 0. The summed E-state index contributed by atoms with van der Waals surface area (Å²) in [5, 5.41) is 0. The second kappa shape index (κ2) is 8.84. The molecule has 5 rings (SSSR count). The molecule has 0 fully saturated rings. The Morgan fingerprint density at radius 3 is 1.44 bits per heavy atom. The Kier molecular flexibility index (Phi) is 5.43. The Morgan fingerprint density at radius 1 is 0.469 bits per heavy atom. The molecular weight excluding hydrogens is 386 g/mol. The van der Waals surface area contributed by atoms with Crippen molar-refractivity contribution >= 4 is 0 Å². The summed E-state index contributed by atoms with van der Waals surface area (Å²) in [6.45, 7) is 0. The lowest BCUT2D eigenvalue weighted by molar-refractivity contribution is 0.945. The zero-order valence-corrected chi connectivity index (χ0v) is 18.0. The van der Waals surface area contributed by atoms with Crippen LogP contribution in [-0.2, 0) is 7.05 Å². The molecule has 0 unspecified atom stereocenters. The second-order valence-electron chi connectivity index (χ2n) is 7.72. The highest BCUT2D eigenvalue weighted by Gasteiger charge is 2.23. The first kappa shape index (κ1) is 19.7. The maximum absolute atomic E-state index is 3.56. The third kappa shape index (κ3) is 3.75. The normalized spacial score (nSPS) is 10.4. The molecule has 1 nitrogen and oxygen atoms in total. The largest absolute Gasteiger partial charge is 0.342 e. The van der Waals surface area contributed by atoms with Crippen LogP contribution in [0.25, 0.3) is 33.6 Å². The molecule has 0 saturated heterocycles. The summed E-state index contributed by atoms with van der Waals surface area (Å²) in [4.78, 5) is 0. The summed E-state index contributed by atoms with van der Waals surface area (Å²) in [5.41, 5.74) is 9.04. The van der Waals surface area contributed by atoms with Gasteiger partial charge in [0.15, 0.2) is 0 Å². The third-order valence-electron chi connectivity index (χ3n) is 5.66. The summed E-state index contributed by atoms with van der Waals surface area (Å²) < 4.78 is 2.29. The molecule has 4 aromatic carbocycles. The first-order valence-electron chi connectivity index (χ1n) is 10.8. The standard InChI is InChI=1S/C31H23N/c1-32-30(26-18-10-4-11-19-26)28(23-22-24-14-6-2-7-15-24)29(25-16-8-3-9-17-25)31(32)27-20-12-5-13-21-27/h2-21H,1H3. The van der Waals surface area contributed by atoms with Crippen LogP contribution in [0.3, 0.4) is 0 Å². The summed E-state index contributed by atoms with van der Waals surface area (Å²) >= 11 is 0. The lowest BCUT2D eigenvalue weighted by Crippen LogP contribution is -1.95. The molecule has 0 bridgehead atoms. The van der Waals surface area contributed by atoms with Crippen molar-refractivity contribution in [2.45, 2.75) is 0 Å². The molecule has 0 radical (unpaired) electrons. The molecule has 0 aliphatic heterocycles. The van der Waals surface area contributed by atoms with E-state index in [0.29, 0.717) is 0 Å². The van der Waals surface area contributed by atoms with Gasteiger partial charge in [-0.2, -0.15) is 0 Å². The summed E-state index contributed by atoms with van der Waals surface area (Å²) in [6, 6.07) is 41.9. The molecular formula is C31H23N. The Morgan fingerprint density at radius 2 is 0.906 bits per heavy atom. The summed E-state index contributed by atoms with van der Waals surface area (Å²) in [6.07, 6.45) is 0. The van der Waals surface area contributed by atoms with Gasteiger partial charge in [0.2, 0.25) is 0 Å². The summed E-state index contributed by atoms with van der Waals surface area (Å²) in [5.74, 6) is 6.97. The lowest BCUT2D eigenvalue weighted by Gasteiger charge is -2.10. The first-order valence-corrected chi connectivity index (χ1v) is 10.8. The van der Waals surface area contributed by atoms with Gasteiger partial charge in [0.1, 0.15) is 0 Å². The molecule has 0 aliphatic carbocycles. The van der Waals surface area contributed by atoms with Crippen LogP contribution in [0.1, 0.15) is 11.1 Å². The van der Waals surface area contributed by atoms with Crippen molar-refractivity contribution in [3.8, 4) is 45.5 Å². The number of hydrogen-bond donors (Lipinski definition) is 0. The van der Waals surface area contributed by atoms with Crippen LogP contribution in [0, 0.1) is 11.8 Å². The molecule has 1 heteroatoms. The number of rotatable bonds is 3. The van der Waals surface area contributed by atoms with Crippen molar-refractivity contribution < 1.29 is 0 Å². The smallest absolute Gasteiger partial charge is 0.0648 e. The van der Waals surface area contributed by atoms with Crippen LogP contribution in [0.4, 0.5) is 0 Å². The molecule has 0 spiro atoms. The quantitative estimate of drug-likeness (QED) is 0.273. The van der Waals surface area contributed by atoms with Crippen LogP contribution in [0.2, 0.25) is 0 Å². The number of benzene rings is 4. The monoisotopic (exact) mass is 409 g/mol. The van der Waals surface area contributed by atoms with E-state index in [1.807, 2.05) is 18.2 Å². The fourth-order valence-electron chi connectivity index (χ4n) is 4.22. The van der Waals surface area contributed by atoms with E-state index in [1.165, 1.54) is 22.4 Å². The van der Waals surface area contributed by atoms with Gasteiger partial charge in [0.05, 0.1) is 17.0 Å². The maximum atomic E-state index is 3.56. The maximum Gasteiger partial charge on any atom is 0.0648 e. The number of aromatic nitrogens is 1. The first-order chi connectivity index (χ1) is 15.8. The van der Waals surface area contributed by atoms with Crippen molar-refractivity contribution in [1.82, 2.24) is 4.57 Å². The highest BCUT2D eigenvalue weighted by Crippen LogP contribution is 2.42. The van der Waals surface area contributed by atoms with Gasteiger partial charge in [-0.1, -0.05) is 121 Å². The Balaban J connectivity index is 1.87. The highest BCUT2D eigenvalue weighted by atomic mass is 15.0. The highest BCUT2D eigenvalue weighted by molar-refractivity contribution is 5.93. The Bertz CT molecular complexity index is 1390. The molecule has 32 heavy (non-hydrogen) atoms. The van der Waals surface area contributed by atoms with Crippen LogP contribution in [0.5, 0.6) is 0 Å². The summed E-state index contributed by atoms with van der Waals surface area (Å²) in [7, 11) is 2.14. The molecule has 5 aromatic rings. The van der Waals surface area contributed by atoms with Gasteiger partial charge in [-0.15, -0.1) is 0 Å². The van der Waals surface area contributed by atoms with Crippen LogP contribution >= 0.6 is 0 Å². The molecule has 0 aliphatic rings. The van der Waals surface area contributed by atoms with Gasteiger partial charge in [-0.05, 0) is 28.8 Å². The Labute approximate surface area is 189 Å². The van der Waals surface area contributed by atoms with Crippen molar-refractivity contribution in [2.24, 2.45) is 7.05 Å². The van der Waals surface area contributed by atoms with Gasteiger partial charge in [-0.25, -0.2) is 0 Å². The van der Waals surface area contributed by atoms with E-state index in [1.54, 1.807) is 0 Å². The average Bonchev–Trinajstić information content (AvgIpc) is 3.16. The van der Waals surface area contributed by atoms with E-state index < -0.39 is 0 Å². The molecule has 1 aromatic heterocycles. The molecule has 0 saturated carbocycles. The molecule has 0 N–H and O–H groups in total. The van der Waals surface area contributed by atoms with E-state index in [2.05, 4.69) is 127 Å². The molecule has 0 amide bonds. The zero-order valence-electron chi connectivity index (χ0n) is 18.0. The van der Waals surface area contributed by atoms with Gasteiger partial charge >= 0.3 is 0 Å². The lowest BCUT2D eigenvalue weighted by atomic mass is 9.95. The minimum absolute atomic E-state index is 1.01. The molecule has 0 atom stereocenters. The molecule has 152 valence electrons. The predicted molar refractivity (Wildman–Crippen MR) is 134 cm³/mol. The van der Waals surface area contributed by atoms with Crippen LogP contribution < -0.4 is 0 Å². The van der Waals surface area contributed by atoms with Crippen molar-refractivity contribution in [3.63, 3.8) is 0 Å². The average molecular weight is 410 g/mol. The van der Waals surface area contributed by atoms with Crippen LogP contribution in [0.15, 0.2) is 121 Å². The van der Waals surface area contributed by atoms with Gasteiger partial charge in [-0.3, -0.25) is 0 Å².